The van der Waals surface area contributed by atoms with Crippen molar-refractivity contribution in [2.75, 3.05) is 18.5 Å². The van der Waals surface area contributed by atoms with Gasteiger partial charge in [-0.05, 0) is 19.9 Å². The van der Waals surface area contributed by atoms with Crippen LogP contribution in [0.1, 0.15) is 13.8 Å². The number of carbonyl (C=O) groups is 2. The van der Waals surface area contributed by atoms with Gasteiger partial charge in [0.1, 0.15) is 5.70 Å². The van der Waals surface area contributed by atoms with Crippen LogP contribution in [-0.2, 0) is 19.1 Å². The van der Waals surface area contributed by atoms with Crippen LogP contribution in [0.2, 0.25) is 0 Å². The van der Waals surface area contributed by atoms with Crippen LogP contribution in [-0.4, -0.2) is 30.1 Å². The van der Waals surface area contributed by atoms with E-state index in [1.807, 2.05) is 0 Å². The third kappa shape index (κ3) is 5.23. The van der Waals surface area contributed by atoms with Gasteiger partial charge in [-0.1, -0.05) is 6.07 Å². The van der Waals surface area contributed by atoms with E-state index in [0.717, 1.165) is 6.08 Å². The predicted octanol–water partition coefficient (Wildman–Crippen LogP) is 2.02. The van der Waals surface area contributed by atoms with E-state index in [-0.39, 0.29) is 30.3 Å². The molecule has 0 saturated carbocycles. The molecule has 1 N–H and O–H groups in total. The van der Waals surface area contributed by atoms with E-state index >= 15 is 0 Å². The van der Waals surface area contributed by atoms with Crippen molar-refractivity contribution in [3.63, 3.8) is 0 Å². The first-order valence-corrected chi connectivity index (χ1v) is 6.55. The second-order valence-electron chi connectivity index (χ2n) is 3.96. The average molecular weight is 308 g/mol. The second kappa shape index (κ2) is 8.40. The third-order valence-electron chi connectivity index (χ3n) is 2.38. The number of benzene rings is 1. The minimum atomic E-state index is -0.762. The number of nitrogens with zero attached hydrogens (tertiary/aromatic N) is 1. The molecule has 1 aromatic rings. The van der Waals surface area contributed by atoms with E-state index < -0.39 is 16.9 Å². The first-order chi connectivity index (χ1) is 10.5. The Balaban J connectivity index is 3.02. The highest BCUT2D eigenvalue weighted by Crippen LogP contribution is 2.19. The molecule has 8 heteroatoms. The van der Waals surface area contributed by atoms with Crippen LogP contribution < -0.4 is 5.32 Å². The lowest BCUT2D eigenvalue weighted by Crippen LogP contribution is -2.17. The van der Waals surface area contributed by atoms with Crippen LogP contribution in [0.25, 0.3) is 0 Å². The van der Waals surface area contributed by atoms with E-state index in [9.17, 15) is 19.7 Å². The zero-order chi connectivity index (χ0) is 16.5. The molecule has 0 heterocycles. The Morgan fingerprint density at radius 1 is 1.27 bits per heavy atom. The van der Waals surface area contributed by atoms with E-state index in [0.29, 0.717) is 0 Å². The Kier molecular flexibility index (Phi) is 6.55. The second-order valence-corrected chi connectivity index (χ2v) is 3.96. The Morgan fingerprint density at radius 3 is 2.55 bits per heavy atom. The largest absolute Gasteiger partial charge is 0.463 e. The first kappa shape index (κ1) is 17.2. The van der Waals surface area contributed by atoms with Gasteiger partial charge in [0.05, 0.1) is 24.2 Å². The molecule has 0 saturated heterocycles. The molecule has 0 unspecified atom stereocenters. The molecule has 8 nitrogen and oxygen atoms in total. The van der Waals surface area contributed by atoms with Crippen molar-refractivity contribution in [2.24, 2.45) is 0 Å². The molecular weight excluding hydrogens is 292 g/mol. The normalized spacial score (nSPS) is 10.7. The number of hydrogen-bond acceptors (Lipinski definition) is 7. The molecule has 22 heavy (non-hydrogen) atoms. The topological polar surface area (TPSA) is 108 Å². The average Bonchev–Trinajstić information content (AvgIpc) is 2.47. The molecule has 0 amide bonds. The summed E-state index contributed by atoms with van der Waals surface area (Å²) >= 11 is 0. The molecule has 1 aromatic carbocycles. The maximum absolute atomic E-state index is 11.8. The number of rotatable bonds is 7. The molecule has 118 valence electrons. The highest BCUT2D eigenvalue weighted by molar-refractivity contribution is 5.98. The summed E-state index contributed by atoms with van der Waals surface area (Å²) in [6, 6.07) is 5.52. The molecule has 0 fully saturated rings. The number of ether oxygens (including phenoxy) is 2. The van der Waals surface area contributed by atoms with Gasteiger partial charge in [0.2, 0.25) is 0 Å². The molecule has 0 aliphatic rings. The summed E-state index contributed by atoms with van der Waals surface area (Å²) in [7, 11) is 0. The van der Waals surface area contributed by atoms with Gasteiger partial charge < -0.3 is 14.8 Å². The fourth-order valence-corrected chi connectivity index (χ4v) is 1.51. The van der Waals surface area contributed by atoms with E-state index in [4.69, 9.17) is 9.47 Å². The zero-order valence-electron chi connectivity index (χ0n) is 12.2. The number of carbonyl (C=O) groups excluding carboxylic acids is 2. The Bertz CT molecular complexity index is 597. The van der Waals surface area contributed by atoms with Gasteiger partial charge in [0.25, 0.3) is 5.69 Å². The fourth-order valence-electron chi connectivity index (χ4n) is 1.51. The van der Waals surface area contributed by atoms with Crippen molar-refractivity contribution in [2.45, 2.75) is 13.8 Å². The summed E-state index contributed by atoms with van der Waals surface area (Å²) < 4.78 is 9.55. The molecule has 1 rings (SSSR count). The molecule has 0 atom stereocenters. The van der Waals surface area contributed by atoms with Gasteiger partial charge in [0, 0.05) is 17.8 Å². The summed E-state index contributed by atoms with van der Waals surface area (Å²) in [6.07, 6.45) is 0.945. The van der Waals surface area contributed by atoms with Crippen molar-refractivity contribution < 1.29 is 24.0 Å². The van der Waals surface area contributed by atoms with Crippen molar-refractivity contribution in [1.82, 2.24) is 0 Å². The summed E-state index contributed by atoms with van der Waals surface area (Å²) in [4.78, 5) is 33.5. The van der Waals surface area contributed by atoms with Crippen molar-refractivity contribution in [3.05, 3.63) is 46.2 Å². The van der Waals surface area contributed by atoms with Crippen LogP contribution in [0.5, 0.6) is 0 Å². The number of hydrogen-bond donors (Lipinski definition) is 1. The summed E-state index contributed by atoms with van der Waals surface area (Å²) in [5.41, 5.74) is -0.0389. The van der Waals surface area contributed by atoms with Crippen LogP contribution >= 0.6 is 0 Å². The molecule has 0 spiro atoms. The van der Waals surface area contributed by atoms with Gasteiger partial charge in [0.15, 0.2) is 0 Å². The Labute approximate surface area is 126 Å². The van der Waals surface area contributed by atoms with Crippen LogP contribution in [0.3, 0.4) is 0 Å². The maximum Gasteiger partial charge on any atom is 0.355 e. The van der Waals surface area contributed by atoms with Crippen LogP contribution in [0.15, 0.2) is 36.0 Å². The van der Waals surface area contributed by atoms with Crippen molar-refractivity contribution >= 4 is 23.3 Å². The monoisotopic (exact) mass is 308 g/mol. The molecule has 0 aromatic heterocycles. The summed E-state index contributed by atoms with van der Waals surface area (Å²) in [5.74, 6) is -1.48. The minimum absolute atomic E-state index is 0.121. The molecule has 0 aliphatic heterocycles. The smallest absolute Gasteiger partial charge is 0.355 e. The summed E-state index contributed by atoms with van der Waals surface area (Å²) in [6.45, 7) is 3.52. The number of nitrogens with one attached hydrogen (secondary N) is 1. The van der Waals surface area contributed by atoms with Gasteiger partial charge in [-0.2, -0.15) is 0 Å². The number of non-ortho nitro benzene ring substituents is 1. The van der Waals surface area contributed by atoms with Gasteiger partial charge in [-0.25, -0.2) is 9.59 Å². The lowest BCUT2D eigenvalue weighted by molar-refractivity contribution is -0.384. The number of nitro groups is 1. The summed E-state index contributed by atoms with van der Waals surface area (Å²) in [5, 5.41) is 13.4. The lowest BCUT2D eigenvalue weighted by Gasteiger charge is -2.10. The fraction of sp³-hybridized carbons (Fsp3) is 0.286. The van der Waals surface area contributed by atoms with E-state index in [2.05, 4.69) is 5.32 Å². The third-order valence-corrected chi connectivity index (χ3v) is 2.38. The Hall–Kier alpha value is -2.90. The molecule has 0 radical (unpaired) electrons. The number of nitro benzene ring substituents is 1. The number of anilines is 1. The molecule has 0 bridgehead atoms. The van der Waals surface area contributed by atoms with Gasteiger partial charge >= 0.3 is 11.9 Å². The predicted molar refractivity (Wildman–Crippen MR) is 78.1 cm³/mol. The lowest BCUT2D eigenvalue weighted by atomic mass is 10.2. The Morgan fingerprint density at radius 2 is 1.95 bits per heavy atom. The maximum atomic E-state index is 11.8. The van der Waals surface area contributed by atoms with E-state index in [1.165, 1.54) is 24.3 Å². The first-order valence-electron chi connectivity index (χ1n) is 6.55. The van der Waals surface area contributed by atoms with Crippen molar-refractivity contribution in [1.29, 1.82) is 0 Å². The zero-order valence-corrected chi connectivity index (χ0v) is 12.2. The quantitative estimate of drug-likeness (QED) is 0.355. The van der Waals surface area contributed by atoms with Crippen LogP contribution in [0.4, 0.5) is 11.4 Å². The number of esters is 2. The van der Waals surface area contributed by atoms with Crippen molar-refractivity contribution in [3.8, 4) is 0 Å². The highest BCUT2D eigenvalue weighted by Gasteiger charge is 2.15. The SMILES string of the molecule is CCOC(=O)/C=C(/Nc1cccc([N+](=O)[O-])c1)C(=O)OCC. The molecule has 0 aliphatic carbocycles. The van der Waals surface area contributed by atoms with Gasteiger partial charge in [-0.15, -0.1) is 0 Å². The standard InChI is InChI=1S/C14H16N2O6/c1-3-21-13(17)9-12(14(18)22-4-2)15-10-6-5-7-11(8-10)16(19)20/h5-9,15H,3-4H2,1-2H3/b12-9+. The van der Waals surface area contributed by atoms with E-state index in [1.54, 1.807) is 13.8 Å². The van der Waals surface area contributed by atoms with Gasteiger partial charge in [-0.3, -0.25) is 10.1 Å². The van der Waals surface area contributed by atoms with Crippen LogP contribution in [0, 0.1) is 10.1 Å². The molecular formula is C14H16N2O6. The minimum Gasteiger partial charge on any atom is -0.463 e. The highest BCUT2D eigenvalue weighted by atomic mass is 16.6.